The smallest absolute Gasteiger partial charge is 0.279 e. The fourth-order valence-corrected chi connectivity index (χ4v) is 4.26. The van der Waals surface area contributed by atoms with E-state index in [0.29, 0.717) is 44.9 Å². The number of hydrogen-bond acceptors (Lipinski definition) is 5. The van der Waals surface area contributed by atoms with E-state index in [9.17, 15) is 13.2 Å². The van der Waals surface area contributed by atoms with E-state index in [1.54, 1.807) is 18.2 Å². The number of nitrogens with zero attached hydrogens (tertiary/aromatic N) is 1. The molecule has 0 spiro atoms. The molecule has 0 aliphatic carbocycles. The van der Waals surface area contributed by atoms with E-state index in [1.807, 2.05) is 30.3 Å². The standard InChI is InChI=1S/C25H22ClN3O5S/c1-16-21(25(30)29(28-16)19-8-10-20(11-9-19)35(27,31)32)12-18-13-22(26)24(23(14-18)33-2)34-15-17-6-4-3-5-7-17/h3-14,28H,1,15H2,2H3,(H2,27,31,32)/b21-12+. The number of H-pyrrole nitrogens is 1. The summed E-state index contributed by atoms with van der Waals surface area (Å²) >= 11 is 6.49. The van der Waals surface area contributed by atoms with E-state index in [-0.39, 0.29) is 10.5 Å². The summed E-state index contributed by atoms with van der Waals surface area (Å²) in [5.41, 5.74) is 1.63. The molecule has 0 aliphatic heterocycles. The van der Waals surface area contributed by atoms with Crippen molar-refractivity contribution in [2.45, 2.75) is 11.5 Å². The zero-order valence-electron chi connectivity index (χ0n) is 18.7. The number of nitrogens with two attached hydrogens (primary N) is 1. The molecule has 0 bridgehead atoms. The van der Waals surface area contributed by atoms with Gasteiger partial charge in [-0.1, -0.05) is 48.5 Å². The number of aromatic nitrogens is 2. The molecule has 0 amide bonds. The zero-order valence-corrected chi connectivity index (χ0v) is 20.3. The molecule has 0 radical (unpaired) electrons. The monoisotopic (exact) mass is 511 g/mol. The van der Waals surface area contributed by atoms with Crippen molar-refractivity contribution in [1.29, 1.82) is 0 Å². The number of nitrogens with one attached hydrogen (secondary N) is 1. The van der Waals surface area contributed by atoms with Gasteiger partial charge in [-0.05, 0) is 53.6 Å². The molecule has 0 atom stereocenters. The molecule has 3 aromatic carbocycles. The number of ether oxygens (including phenoxy) is 2. The average molecular weight is 512 g/mol. The number of hydrogen-bond donors (Lipinski definition) is 2. The molecule has 1 aromatic heterocycles. The van der Waals surface area contributed by atoms with E-state index >= 15 is 0 Å². The average Bonchev–Trinajstić information content (AvgIpc) is 3.11. The van der Waals surface area contributed by atoms with Crippen LogP contribution in [0, 0.1) is 0 Å². The van der Waals surface area contributed by atoms with Crippen molar-refractivity contribution in [3.63, 3.8) is 0 Å². The van der Waals surface area contributed by atoms with Crippen LogP contribution in [-0.4, -0.2) is 25.3 Å². The minimum Gasteiger partial charge on any atom is -0.493 e. The number of benzene rings is 3. The van der Waals surface area contributed by atoms with Crippen molar-refractivity contribution in [1.82, 2.24) is 9.78 Å². The number of halogens is 1. The summed E-state index contributed by atoms with van der Waals surface area (Å²) < 4.78 is 35.6. The largest absolute Gasteiger partial charge is 0.493 e. The SMILES string of the molecule is C=c1[nH]n(-c2ccc(S(N)(=O)=O)cc2)c(=O)/c1=C/c1cc(Cl)c(OCc2ccccc2)c(OC)c1. The lowest BCUT2D eigenvalue weighted by Gasteiger charge is -2.13. The Hall–Kier alpha value is -3.79. The highest BCUT2D eigenvalue weighted by atomic mass is 35.5. The molecule has 3 N–H and O–H groups in total. The molecule has 180 valence electrons. The Morgan fingerprint density at radius 3 is 2.43 bits per heavy atom. The third-order valence-electron chi connectivity index (χ3n) is 5.22. The summed E-state index contributed by atoms with van der Waals surface area (Å²) in [7, 11) is -2.33. The van der Waals surface area contributed by atoms with Crippen molar-refractivity contribution in [2.75, 3.05) is 7.11 Å². The van der Waals surface area contributed by atoms with Gasteiger partial charge >= 0.3 is 0 Å². The van der Waals surface area contributed by atoms with Gasteiger partial charge in [-0.3, -0.25) is 9.89 Å². The molecule has 8 nitrogen and oxygen atoms in total. The maximum atomic E-state index is 13.1. The van der Waals surface area contributed by atoms with Gasteiger partial charge < -0.3 is 9.47 Å². The number of sulfonamides is 1. The number of rotatable bonds is 7. The molecule has 35 heavy (non-hydrogen) atoms. The molecule has 0 saturated carbocycles. The van der Waals surface area contributed by atoms with Gasteiger partial charge in [0.15, 0.2) is 11.5 Å². The molecular formula is C25H22ClN3O5S. The van der Waals surface area contributed by atoms with Gasteiger partial charge in [0.1, 0.15) is 6.61 Å². The van der Waals surface area contributed by atoms with Crippen molar-refractivity contribution in [3.8, 4) is 17.2 Å². The van der Waals surface area contributed by atoms with Crippen LogP contribution in [-0.2, 0) is 16.6 Å². The van der Waals surface area contributed by atoms with Gasteiger partial charge in [0, 0.05) is 0 Å². The molecule has 0 aliphatic rings. The maximum Gasteiger partial charge on any atom is 0.279 e. The van der Waals surface area contributed by atoms with E-state index < -0.39 is 10.0 Å². The molecule has 4 rings (SSSR count). The third kappa shape index (κ3) is 5.32. The van der Waals surface area contributed by atoms with Crippen LogP contribution in [0.5, 0.6) is 11.5 Å². The lowest BCUT2D eigenvalue weighted by atomic mass is 10.1. The Labute approximate surface area is 206 Å². The van der Waals surface area contributed by atoms with Gasteiger partial charge in [0.2, 0.25) is 10.0 Å². The second-order valence-corrected chi connectivity index (χ2v) is 9.60. The fourth-order valence-electron chi connectivity index (χ4n) is 3.47. The Balaban J connectivity index is 1.69. The Kier molecular flexibility index (Phi) is 6.83. The molecule has 0 saturated heterocycles. The lowest BCUT2D eigenvalue weighted by molar-refractivity contribution is 0.284. The highest BCUT2D eigenvalue weighted by Gasteiger charge is 2.13. The Bertz CT molecular complexity index is 1640. The first-order valence-corrected chi connectivity index (χ1v) is 12.3. The summed E-state index contributed by atoms with van der Waals surface area (Å²) in [5.74, 6) is 0.811. The van der Waals surface area contributed by atoms with Crippen LogP contribution in [0.1, 0.15) is 11.1 Å². The van der Waals surface area contributed by atoms with Gasteiger partial charge in [-0.2, -0.15) is 0 Å². The molecule has 4 aromatic rings. The van der Waals surface area contributed by atoms with Gasteiger partial charge in [-0.25, -0.2) is 18.2 Å². The van der Waals surface area contributed by atoms with Crippen LogP contribution >= 0.6 is 11.6 Å². The summed E-state index contributed by atoms with van der Waals surface area (Å²) in [6.07, 6.45) is 1.63. The van der Waals surface area contributed by atoms with Crippen LogP contribution in [0.2, 0.25) is 5.02 Å². The van der Waals surface area contributed by atoms with Crippen LogP contribution in [0.15, 0.2) is 76.4 Å². The zero-order chi connectivity index (χ0) is 25.2. The molecule has 0 unspecified atom stereocenters. The van der Waals surface area contributed by atoms with E-state index in [2.05, 4.69) is 11.7 Å². The summed E-state index contributed by atoms with van der Waals surface area (Å²) in [6.45, 7) is 4.23. The summed E-state index contributed by atoms with van der Waals surface area (Å²) in [4.78, 5) is 13.0. The van der Waals surface area contributed by atoms with Gasteiger partial charge in [0.05, 0.1) is 33.3 Å². The van der Waals surface area contributed by atoms with Gasteiger partial charge in [-0.15, -0.1) is 0 Å². The second kappa shape index (κ2) is 9.83. The van der Waals surface area contributed by atoms with Gasteiger partial charge in [0.25, 0.3) is 5.56 Å². The number of aromatic amines is 1. The first-order valence-electron chi connectivity index (χ1n) is 10.4. The summed E-state index contributed by atoms with van der Waals surface area (Å²) in [6, 6.07) is 18.6. The van der Waals surface area contributed by atoms with Crippen molar-refractivity contribution >= 4 is 34.3 Å². The van der Waals surface area contributed by atoms with Crippen LogP contribution in [0.3, 0.4) is 0 Å². The van der Waals surface area contributed by atoms with Crippen molar-refractivity contribution in [3.05, 3.63) is 104 Å². The summed E-state index contributed by atoms with van der Waals surface area (Å²) in [5, 5.41) is 9.02. The Morgan fingerprint density at radius 1 is 1.11 bits per heavy atom. The lowest BCUT2D eigenvalue weighted by Crippen LogP contribution is -2.34. The molecular weight excluding hydrogens is 490 g/mol. The third-order valence-corrected chi connectivity index (χ3v) is 6.43. The normalized spacial score (nSPS) is 12.0. The van der Waals surface area contributed by atoms with E-state index in [4.69, 9.17) is 26.2 Å². The molecule has 10 heteroatoms. The molecule has 0 fully saturated rings. The predicted octanol–water partition coefficient (Wildman–Crippen LogP) is 2.29. The van der Waals surface area contributed by atoms with Crippen LogP contribution < -0.4 is 30.7 Å². The number of methoxy groups -OCH3 is 1. The second-order valence-electron chi connectivity index (χ2n) is 7.64. The molecule has 1 heterocycles. The minimum absolute atomic E-state index is 0.0567. The van der Waals surface area contributed by atoms with Crippen molar-refractivity contribution < 1.29 is 17.9 Å². The predicted molar refractivity (Wildman–Crippen MR) is 135 cm³/mol. The number of primary sulfonamides is 1. The fraction of sp³-hybridized carbons (Fsp3) is 0.0800. The highest BCUT2D eigenvalue weighted by Crippen LogP contribution is 2.37. The maximum absolute atomic E-state index is 13.1. The van der Waals surface area contributed by atoms with Crippen molar-refractivity contribution in [2.24, 2.45) is 5.14 Å². The van der Waals surface area contributed by atoms with E-state index in [0.717, 1.165) is 5.56 Å². The first kappa shape index (κ1) is 24.3. The van der Waals surface area contributed by atoms with E-state index in [1.165, 1.54) is 36.1 Å². The highest BCUT2D eigenvalue weighted by molar-refractivity contribution is 7.89. The van der Waals surface area contributed by atoms with Crippen LogP contribution in [0.4, 0.5) is 0 Å². The minimum atomic E-state index is -3.84. The Morgan fingerprint density at radius 2 is 1.80 bits per heavy atom. The quantitative estimate of drug-likeness (QED) is 0.395. The van der Waals surface area contributed by atoms with Crippen LogP contribution in [0.25, 0.3) is 18.3 Å². The first-order chi connectivity index (χ1) is 16.7. The topological polar surface area (TPSA) is 116 Å².